The molecular formula is C10H11ClN2O3. The van der Waals surface area contributed by atoms with Gasteiger partial charge in [-0.3, -0.25) is 4.79 Å². The fourth-order valence-corrected chi connectivity index (χ4v) is 1.79. The highest BCUT2D eigenvalue weighted by atomic mass is 35.5. The molecule has 1 aromatic heterocycles. The number of amides is 1. The fourth-order valence-electron chi connectivity index (χ4n) is 1.62. The van der Waals surface area contributed by atoms with E-state index in [1.165, 1.54) is 4.90 Å². The quantitative estimate of drug-likeness (QED) is 0.676. The van der Waals surface area contributed by atoms with Gasteiger partial charge in [-0.1, -0.05) is 17.7 Å². The van der Waals surface area contributed by atoms with Crippen LogP contribution in [0.2, 0.25) is 5.15 Å². The number of pyridine rings is 1. The Morgan fingerprint density at radius 2 is 2.00 bits per heavy atom. The molecule has 0 bridgehead atoms. The van der Waals surface area contributed by atoms with E-state index in [1.807, 2.05) is 0 Å². The normalized spacial score (nSPS) is 24.8. The first kappa shape index (κ1) is 11.3. The third-order valence-corrected chi connectivity index (χ3v) is 2.69. The van der Waals surface area contributed by atoms with Gasteiger partial charge in [-0.25, -0.2) is 4.98 Å². The molecule has 16 heavy (non-hydrogen) atoms. The number of nitrogens with zero attached hydrogens (tertiary/aromatic N) is 2. The summed E-state index contributed by atoms with van der Waals surface area (Å²) in [5.41, 5.74) is 0.216. The average molecular weight is 243 g/mol. The molecule has 0 saturated carbocycles. The number of rotatable bonds is 1. The summed E-state index contributed by atoms with van der Waals surface area (Å²) < 4.78 is 0. The van der Waals surface area contributed by atoms with Crippen LogP contribution in [0.5, 0.6) is 0 Å². The maximum atomic E-state index is 11.9. The summed E-state index contributed by atoms with van der Waals surface area (Å²) in [7, 11) is 0. The molecule has 2 N–H and O–H groups in total. The maximum Gasteiger partial charge on any atom is 0.272 e. The van der Waals surface area contributed by atoms with Gasteiger partial charge in [-0.2, -0.15) is 0 Å². The standard InChI is InChI=1S/C10H11ClN2O3/c11-9-3-1-2-6(12-9)10(16)13-4-7(14)8(15)5-13/h1-3,7-8,14-15H,4-5H2. The summed E-state index contributed by atoms with van der Waals surface area (Å²) >= 11 is 5.67. The number of hydrogen-bond acceptors (Lipinski definition) is 4. The van der Waals surface area contributed by atoms with E-state index in [2.05, 4.69) is 4.98 Å². The van der Waals surface area contributed by atoms with Gasteiger partial charge in [-0.15, -0.1) is 0 Å². The molecule has 0 spiro atoms. The largest absolute Gasteiger partial charge is 0.388 e. The first-order valence-electron chi connectivity index (χ1n) is 4.86. The van der Waals surface area contributed by atoms with E-state index in [0.29, 0.717) is 0 Å². The molecule has 1 saturated heterocycles. The lowest BCUT2D eigenvalue weighted by Gasteiger charge is -2.14. The lowest BCUT2D eigenvalue weighted by molar-refractivity contribution is 0.0572. The molecule has 1 aromatic rings. The van der Waals surface area contributed by atoms with E-state index in [4.69, 9.17) is 11.6 Å². The molecule has 1 aliphatic heterocycles. The van der Waals surface area contributed by atoms with Crippen molar-refractivity contribution in [2.24, 2.45) is 0 Å². The second-order valence-electron chi connectivity index (χ2n) is 3.69. The molecule has 6 heteroatoms. The number of hydrogen-bond donors (Lipinski definition) is 2. The number of aliphatic hydroxyl groups is 2. The van der Waals surface area contributed by atoms with Gasteiger partial charge in [0, 0.05) is 13.1 Å². The van der Waals surface area contributed by atoms with Crippen LogP contribution in [0.25, 0.3) is 0 Å². The summed E-state index contributed by atoms with van der Waals surface area (Å²) in [5.74, 6) is -0.335. The Hall–Kier alpha value is -1.17. The van der Waals surface area contributed by atoms with E-state index >= 15 is 0 Å². The molecule has 1 fully saturated rings. The number of likely N-dealkylation sites (tertiary alicyclic amines) is 1. The topological polar surface area (TPSA) is 73.7 Å². The second-order valence-corrected chi connectivity index (χ2v) is 4.08. The summed E-state index contributed by atoms with van der Waals surface area (Å²) in [6.45, 7) is 0.238. The number of halogens is 1. The van der Waals surface area contributed by atoms with Gasteiger partial charge in [0.25, 0.3) is 5.91 Å². The van der Waals surface area contributed by atoms with Crippen LogP contribution in [0.15, 0.2) is 18.2 Å². The van der Waals surface area contributed by atoms with Crippen molar-refractivity contribution in [1.29, 1.82) is 0 Å². The molecule has 86 valence electrons. The first-order valence-corrected chi connectivity index (χ1v) is 5.23. The Morgan fingerprint density at radius 1 is 1.38 bits per heavy atom. The lowest BCUT2D eigenvalue weighted by Crippen LogP contribution is -2.30. The van der Waals surface area contributed by atoms with Crippen LogP contribution >= 0.6 is 11.6 Å². The number of aromatic nitrogens is 1. The number of β-amino-alcohol motifs (C(OH)–C–C–N with tert-alkyl or cyclic N) is 2. The molecule has 0 aromatic carbocycles. The van der Waals surface area contributed by atoms with Gasteiger partial charge in [0.2, 0.25) is 0 Å². The molecule has 0 radical (unpaired) electrons. The number of aliphatic hydroxyl groups excluding tert-OH is 2. The predicted octanol–water partition coefficient (Wildman–Crippen LogP) is -0.0874. The van der Waals surface area contributed by atoms with Crippen molar-refractivity contribution in [3.8, 4) is 0 Å². The molecule has 2 unspecified atom stereocenters. The zero-order valence-electron chi connectivity index (χ0n) is 8.38. The monoisotopic (exact) mass is 242 g/mol. The van der Waals surface area contributed by atoms with Gasteiger partial charge in [-0.05, 0) is 12.1 Å². The predicted molar refractivity (Wildman–Crippen MR) is 57.2 cm³/mol. The average Bonchev–Trinajstić information content (AvgIpc) is 2.58. The fraction of sp³-hybridized carbons (Fsp3) is 0.400. The Bertz CT molecular complexity index is 403. The summed E-state index contributed by atoms with van der Waals surface area (Å²) in [5, 5.41) is 18.9. The smallest absolute Gasteiger partial charge is 0.272 e. The molecule has 1 aliphatic rings. The van der Waals surface area contributed by atoms with Crippen LogP contribution in [-0.2, 0) is 0 Å². The van der Waals surface area contributed by atoms with Crippen molar-refractivity contribution in [2.75, 3.05) is 13.1 Å². The first-order chi connectivity index (χ1) is 7.58. The second kappa shape index (κ2) is 4.37. The molecular weight excluding hydrogens is 232 g/mol. The molecule has 1 amide bonds. The third-order valence-electron chi connectivity index (χ3n) is 2.48. The van der Waals surface area contributed by atoms with E-state index in [9.17, 15) is 15.0 Å². The van der Waals surface area contributed by atoms with Gasteiger partial charge < -0.3 is 15.1 Å². The van der Waals surface area contributed by atoms with Crippen molar-refractivity contribution >= 4 is 17.5 Å². The van der Waals surface area contributed by atoms with E-state index in [0.717, 1.165) is 0 Å². The van der Waals surface area contributed by atoms with E-state index < -0.39 is 12.2 Å². The Balaban J connectivity index is 2.14. The Labute approximate surface area is 97.3 Å². The van der Waals surface area contributed by atoms with Crippen LogP contribution in [0.4, 0.5) is 0 Å². The van der Waals surface area contributed by atoms with Crippen molar-refractivity contribution in [3.05, 3.63) is 29.0 Å². The van der Waals surface area contributed by atoms with Crippen LogP contribution in [0.3, 0.4) is 0 Å². The van der Waals surface area contributed by atoms with Crippen molar-refractivity contribution < 1.29 is 15.0 Å². The third kappa shape index (κ3) is 2.16. The van der Waals surface area contributed by atoms with Gasteiger partial charge in [0.15, 0.2) is 0 Å². The van der Waals surface area contributed by atoms with Gasteiger partial charge in [0.05, 0.1) is 12.2 Å². The van der Waals surface area contributed by atoms with Crippen LogP contribution in [-0.4, -0.2) is 51.3 Å². The molecule has 2 heterocycles. The maximum absolute atomic E-state index is 11.9. The highest BCUT2D eigenvalue weighted by Crippen LogP contribution is 2.14. The molecule has 2 atom stereocenters. The Kier molecular flexibility index (Phi) is 3.09. The van der Waals surface area contributed by atoms with Gasteiger partial charge in [0.1, 0.15) is 10.8 Å². The van der Waals surface area contributed by atoms with Crippen LogP contribution < -0.4 is 0 Å². The summed E-state index contributed by atoms with van der Waals surface area (Å²) in [6, 6.07) is 4.75. The Morgan fingerprint density at radius 3 is 2.56 bits per heavy atom. The van der Waals surface area contributed by atoms with Gasteiger partial charge >= 0.3 is 0 Å². The number of carbonyl (C=O) groups excluding carboxylic acids is 1. The molecule has 2 rings (SSSR count). The minimum absolute atomic E-state index is 0.119. The highest BCUT2D eigenvalue weighted by molar-refractivity contribution is 6.29. The summed E-state index contributed by atoms with van der Waals surface area (Å²) in [4.78, 5) is 17.1. The highest BCUT2D eigenvalue weighted by Gasteiger charge is 2.33. The molecule has 0 aliphatic carbocycles. The zero-order chi connectivity index (χ0) is 11.7. The lowest BCUT2D eigenvalue weighted by atomic mass is 10.3. The van der Waals surface area contributed by atoms with Crippen molar-refractivity contribution in [1.82, 2.24) is 9.88 Å². The number of carbonyl (C=O) groups is 1. The SMILES string of the molecule is O=C(c1cccc(Cl)n1)N1CC(O)C(O)C1. The van der Waals surface area contributed by atoms with Crippen LogP contribution in [0.1, 0.15) is 10.5 Å². The minimum Gasteiger partial charge on any atom is -0.388 e. The summed E-state index contributed by atoms with van der Waals surface area (Å²) in [6.07, 6.45) is -1.77. The molecule has 5 nitrogen and oxygen atoms in total. The van der Waals surface area contributed by atoms with Crippen LogP contribution in [0, 0.1) is 0 Å². The van der Waals surface area contributed by atoms with E-state index in [-0.39, 0.29) is 29.8 Å². The van der Waals surface area contributed by atoms with Crippen molar-refractivity contribution in [3.63, 3.8) is 0 Å². The minimum atomic E-state index is -0.886. The zero-order valence-corrected chi connectivity index (χ0v) is 9.13. The van der Waals surface area contributed by atoms with E-state index in [1.54, 1.807) is 18.2 Å². The van der Waals surface area contributed by atoms with Crippen molar-refractivity contribution in [2.45, 2.75) is 12.2 Å².